The maximum atomic E-state index is 11.7. The molecule has 0 radical (unpaired) electrons. The molecule has 0 bridgehead atoms. The third-order valence-corrected chi connectivity index (χ3v) is 3.19. The third kappa shape index (κ3) is 4.52. The van der Waals surface area contributed by atoms with Crippen LogP contribution in [0.3, 0.4) is 0 Å². The van der Waals surface area contributed by atoms with Gasteiger partial charge in [0.25, 0.3) is 0 Å². The predicted molar refractivity (Wildman–Crippen MR) is 65.3 cm³/mol. The molecule has 3 nitrogen and oxygen atoms in total. The molecule has 1 aliphatic heterocycles. The zero-order valence-electron chi connectivity index (χ0n) is 11.2. The van der Waals surface area contributed by atoms with E-state index in [0.717, 1.165) is 19.4 Å². The van der Waals surface area contributed by atoms with Crippen LogP contribution in [0.25, 0.3) is 0 Å². The lowest BCUT2D eigenvalue weighted by Gasteiger charge is -2.35. The van der Waals surface area contributed by atoms with Gasteiger partial charge in [-0.15, -0.1) is 0 Å². The molecule has 0 spiro atoms. The SMILES string of the molecule is CC1CC(CC(=O)OC(C)(C)C)CCN1C. The van der Waals surface area contributed by atoms with Crippen molar-refractivity contribution < 1.29 is 9.53 Å². The van der Waals surface area contributed by atoms with Gasteiger partial charge in [0.05, 0.1) is 0 Å². The molecule has 2 atom stereocenters. The molecule has 0 aliphatic carbocycles. The maximum absolute atomic E-state index is 11.7. The minimum absolute atomic E-state index is 0.0470. The van der Waals surface area contributed by atoms with Crippen LogP contribution in [0.4, 0.5) is 0 Å². The van der Waals surface area contributed by atoms with Crippen molar-refractivity contribution >= 4 is 5.97 Å². The lowest BCUT2D eigenvalue weighted by Crippen LogP contribution is -2.38. The average molecular weight is 227 g/mol. The van der Waals surface area contributed by atoms with E-state index in [4.69, 9.17) is 4.74 Å². The number of rotatable bonds is 2. The lowest BCUT2D eigenvalue weighted by molar-refractivity contribution is -0.156. The third-order valence-electron chi connectivity index (χ3n) is 3.19. The van der Waals surface area contributed by atoms with Crippen molar-refractivity contribution in [1.82, 2.24) is 4.90 Å². The Kier molecular flexibility index (Phi) is 4.36. The van der Waals surface area contributed by atoms with Gasteiger partial charge in [0.2, 0.25) is 0 Å². The topological polar surface area (TPSA) is 29.5 Å². The van der Waals surface area contributed by atoms with E-state index < -0.39 is 0 Å². The molecule has 0 aromatic rings. The summed E-state index contributed by atoms with van der Waals surface area (Å²) in [6.45, 7) is 9.07. The van der Waals surface area contributed by atoms with Gasteiger partial charge < -0.3 is 9.64 Å². The van der Waals surface area contributed by atoms with Crippen LogP contribution in [0, 0.1) is 5.92 Å². The van der Waals surface area contributed by atoms with Gasteiger partial charge in [-0.05, 0) is 60.0 Å². The van der Waals surface area contributed by atoms with Crippen molar-refractivity contribution in [3.63, 3.8) is 0 Å². The zero-order chi connectivity index (χ0) is 12.3. The van der Waals surface area contributed by atoms with Crippen molar-refractivity contribution in [2.45, 2.75) is 58.6 Å². The quantitative estimate of drug-likeness (QED) is 0.679. The average Bonchev–Trinajstić information content (AvgIpc) is 2.08. The molecule has 94 valence electrons. The first kappa shape index (κ1) is 13.5. The lowest BCUT2D eigenvalue weighted by atomic mass is 9.89. The van der Waals surface area contributed by atoms with Gasteiger partial charge in [0, 0.05) is 12.5 Å². The van der Waals surface area contributed by atoms with Crippen molar-refractivity contribution in [1.29, 1.82) is 0 Å². The Labute approximate surface area is 99.1 Å². The van der Waals surface area contributed by atoms with Gasteiger partial charge in [0.15, 0.2) is 0 Å². The fourth-order valence-corrected chi connectivity index (χ4v) is 2.19. The molecule has 16 heavy (non-hydrogen) atoms. The summed E-state index contributed by atoms with van der Waals surface area (Å²) in [5.74, 6) is 0.454. The molecule has 1 aliphatic rings. The molecule has 3 heteroatoms. The second kappa shape index (κ2) is 5.17. The Morgan fingerprint density at radius 1 is 1.44 bits per heavy atom. The summed E-state index contributed by atoms with van der Waals surface area (Å²) in [6, 6.07) is 0.584. The van der Waals surface area contributed by atoms with Gasteiger partial charge >= 0.3 is 5.97 Å². The number of nitrogens with zero attached hydrogens (tertiary/aromatic N) is 1. The van der Waals surface area contributed by atoms with E-state index in [2.05, 4.69) is 18.9 Å². The van der Waals surface area contributed by atoms with Crippen LogP contribution >= 0.6 is 0 Å². The normalized spacial score (nSPS) is 27.8. The molecule has 1 heterocycles. The van der Waals surface area contributed by atoms with Crippen LogP contribution in [0.5, 0.6) is 0 Å². The number of ether oxygens (including phenoxy) is 1. The molecule has 2 unspecified atom stereocenters. The molecule has 0 amide bonds. The standard InChI is InChI=1S/C13H25NO2/c1-10-8-11(6-7-14(10)5)9-12(15)16-13(2,3)4/h10-11H,6-9H2,1-5H3. The fraction of sp³-hybridized carbons (Fsp3) is 0.923. The Morgan fingerprint density at radius 2 is 2.06 bits per heavy atom. The summed E-state index contributed by atoms with van der Waals surface area (Å²) >= 11 is 0. The number of carbonyl (C=O) groups is 1. The van der Waals surface area contributed by atoms with Crippen LogP contribution in [0.2, 0.25) is 0 Å². The van der Waals surface area contributed by atoms with E-state index >= 15 is 0 Å². The van der Waals surface area contributed by atoms with E-state index in [1.165, 1.54) is 0 Å². The van der Waals surface area contributed by atoms with Gasteiger partial charge in [-0.25, -0.2) is 0 Å². The number of carbonyl (C=O) groups excluding carboxylic acids is 1. The Bertz CT molecular complexity index is 245. The van der Waals surface area contributed by atoms with Gasteiger partial charge in [-0.2, -0.15) is 0 Å². The molecule has 0 aromatic carbocycles. The molecular formula is C13H25NO2. The Balaban J connectivity index is 2.35. The first-order valence-corrected chi connectivity index (χ1v) is 6.20. The summed E-state index contributed by atoms with van der Waals surface area (Å²) in [5, 5.41) is 0. The molecule has 0 N–H and O–H groups in total. The molecule has 0 saturated carbocycles. The smallest absolute Gasteiger partial charge is 0.306 e. The molecule has 1 saturated heterocycles. The summed E-state index contributed by atoms with van der Waals surface area (Å²) in [7, 11) is 2.15. The van der Waals surface area contributed by atoms with Gasteiger partial charge in [-0.1, -0.05) is 0 Å². The Hall–Kier alpha value is -0.570. The van der Waals surface area contributed by atoms with Crippen LogP contribution in [-0.4, -0.2) is 36.1 Å². The maximum Gasteiger partial charge on any atom is 0.306 e. The monoisotopic (exact) mass is 227 g/mol. The summed E-state index contributed by atoms with van der Waals surface area (Å²) in [5.41, 5.74) is -0.353. The van der Waals surface area contributed by atoms with E-state index in [1.807, 2.05) is 20.8 Å². The van der Waals surface area contributed by atoms with E-state index in [0.29, 0.717) is 18.4 Å². The van der Waals surface area contributed by atoms with Crippen LogP contribution in [0.15, 0.2) is 0 Å². The van der Waals surface area contributed by atoms with E-state index in [-0.39, 0.29) is 11.6 Å². The number of likely N-dealkylation sites (tertiary alicyclic amines) is 1. The minimum atomic E-state index is -0.353. The summed E-state index contributed by atoms with van der Waals surface area (Å²) in [4.78, 5) is 14.0. The summed E-state index contributed by atoms with van der Waals surface area (Å²) in [6.07, 6.45) is 2.80. The Morgan fingerprint density at radius 3 is 2.56 bits per heavy atom. The number of piperidine rings is 1. The van der Waals surface area contributed by atoms with Crippen molar-refractivity contribution in [3.8, 4) is 0 Å². The van der Waals surface area contributed by atoms with Crippen molar-refractivity contribution in [2.75, 3.05) is 13.6 Å². The number of hydrogen-bond acceptors (Lipinski definition) is 3. The first-order valence-electron chi connectivity index (χ1n) is 6.20. The predicted octanol–water partition coefficient (Wildman–Crippen LogP) is 2.45. The number of hydrogen-bond donors (Lipinski definition) is 0. The van der Waals surface area contributed by atoms with E-state index in [9.17, 15) is 4.79 Å². The van der Waals surface area contributed by atoms with Gasteiger partial charge in [0.1, 0.15) is 5.60 Å². The molecule has 1 rings (SSSR count). The van der Waals surface area contributed by atoms with Gasteiger partial charge in [-0.3, -0.25) is 4.79 Å². The fourth-order valence-electron chi connectivity index (χ4n) is 2.19. The largest absolute Gasteiger partial charge is 0.460 e. The highest BCUT2D eigenvalue weighted by Gasteiger charge is 2.26. The highest BCUT2D eigenvalue weighted by molar-refractivity contribution is 5.70. The second-order valence-corrected chi connectivity index (χ2v) is 6.01. The van der Waals surface area contributed by atoms with Crippen LogP contribution in [0.1, 0.15) is 47.0 Å². The van der Waals surface area contributed by atoms with E-state index in [1.54, 1.807) is 0 Å². The van der Waals surface area contributed by atoms with Crippen LogP contribution < -0.4 is 0 Å². The highest BCUT2D eigenvalue weighted by Crippen LogP contribution is 2.25. The van der Waals surface area contributed by atoms with Crippen molar-refractivity contribution in [3.05, 3.63) is 0 Å². The van der Waals surface area contributed by atoms with Crippen molar-refractivity contribution in [2.24, 2.45) is 5.92 Å². The zero-order valence-corrected chi connectivity index (χ0v) is 11.2. The highest BCUT2D eigenvalue weighted by atomic mass is 16.6. The summed E-state index contributed by atoms with van der Waals surface area (Å²) < 4.78 is 5.35. The molecule has 0 aromatic heterocycles. The second-order valence-electron chi connectivity index (χ2n) is 6.01. The molecular weight excluding hydrogens is 202 g/mol. The first-order chi connectivity index (χ1) is 7.28. The molecule has 1 fully saturated rings. The minimum Gasteiger partial charge on any atom is -0.460 e. The number of esters is 1. The van der Waals surface area contributed by atoms with Crippen LogP contribution in [-0.2, 0) is 9.53 Å².